The van der Waals surface area contributed by atoms with Crippen LogP contribution in [0.25, 0.3) is 0 Å². The molecule has 1 heterocycles. The summed E-state index contributed by atoms with van der Waals surface area (Å²) in [5.74, 6) is -0.639. The number of nitrogens with one attached hydrogen (secondary N) is 2. The Hall–Kier alpha value is -1.89. The van der Waals surface area contributed by atoms with Crippen molar-refractivity contribution in [1.82, 2.24) is 15.4 Å². The lowest BCUT2D eigenvalue weighted by Crippen LogP contribution is -2.24. The van der Waals surface area contributed by atoms with Crippen LogP contribution in [0.2, 0.25) is 15.1 Å². The van der Waals surface area contributed by atoms with Crippen LogP contribution in [0.5, 0.6) is 0 Å². The number of carbonyl (C=O) groups excluding carboxylic acids is 1. The zero-order valence-electron chi connectivity index (χ0n) is 11.2. The van der Waals surface area contributed by atoms with Gasteiger partial charge in [0.25, 0.3) is 5.91 Å². The number of aryl methyl sites for hydroxylation is 1. The Morgan fingerprint density at radius 3 is 2.68 bits per heavy atom. The Labute approximate surface area is 140 Å². The van der Waals surface area contributed by atoms with Gasteiger partial charge in [0.2, 0.25) is 0 Å². The molecular formula is C13H9Cl3N4O2. The minimum atomic E-state index is -0.639. The molecular weight excluding hydrogens is 351 g/mol. The Morgan fingerprint density at radius 2 is 2.00 bits per heavy atom. The van der Waals surface area contributed by atoms with Crippen molar-refractivity contribution < 1.29 is 4.79 Å². The van der Waals surface area contributed by atoms with E-state index < -0.39 is 11.6 Å². The third kappa shape index (κ3) is 3.85. The molecule has 0 bridgehead atoms. The molecule has 0 aliphatic rings. The predicted octanol–water partition coefficient (Wildman–Crippen LogP) is 2.80. The summed E-state index contributed by atoms with van der Waals surface area (Å²) in [6.07, 6.45) is 1.26. The average molecular weight is 360 g/mol. The fourth-order valence-corrected chi connectivity index (χ4v) is 2.20. The molecule has 0 unspecified atom stereocenters. The number of H-pyrrole nitrogens is 1. The van der Waals surface area contributed by atoms with Crippen LogP contribution in [-0.4, -0.2) is 22.1 Å². The number of hydrazone groups is 1. The maximum absolute atomic E-state index is 11.8. The molecule has 0 spiro atoms. The predicted molar refractivity (Wildman–Crippen MR) is 86.1 cm³/mol. The molecule has 0 fully saturated rings. The molecule has 9 heteroatoms. The lowest BCUT2D eigenvalue weighted by atomic mass is 10.2. The summed E-state index contributed by atoms with van der Waals surface area (Å²) >= 11 is 17.8. The molecule has 0 aliphatic carbocycles. The molecule has 1 aromatic heterocycles. The van der Waals surface area contributed by atoms with E-state index in [4.69, 9.17) is 34.8 Å². The standard InChI is InChI=1S/C13H9Cl3N4O2/c1-6-4-10(19-13(22)18-6)12(21)20-17-5-7-8(14)2-3-9(15)11(7)16/h2-5H,1H3,(H,20,21)(H,18,19,22)/b17-5+. The number of halogens is 3. The van der Waals surface area contributed by atoms with Gasteiger partial charge in [0.15, 0.2) is 0 Å². The first-order valence-electron chi connectivity index (χ1n) is 5.93. The van der Waals surface area contributed by atoms with Crippen molar-refractivity contribution in [2.75, 3.05) is 0 Å². The maximum atomic E-state index is 11.8. The van der Waals surface area contributed by atoms with E-state index in [9.17, 15) is 9.59 Å². The summed E-state index contributed by atoms with van der Waals surface area (Å²) in [4.78, 5) is 29.0. The van der Waals surface area contributed by atoms with Gasteiger partial charge in [-0.25, -0.2) is 10.2 Å². The first-order chi connectivity index (χ1) is 10.4. The van der Waals surface area contributed by atoms with E-state index >= 15 is 0 Å². The number of benzene rings is 1. The number of rotatable bonds is 3. The molecule has 1 amide bonds. The van der Waals surface area contributed by atoms with Gasteiger partial charge in [-0.1, -0.05) is 34.8 Å². The third-order valence-electron chi connectivity index (χ3n) is 2.55. The maximum Gasteiger partial charge on any atom is 0.345 e. The SMILES string of the molecule is Cc1cc(C(=O)N/N=C/c2c(Cl)ccc(Cl)c2Cl)nc(=O)[nH]1. The monoisotopic (exact) mass is 358 g/mol. The van der Waals surface area contributed by atoms with E-state index in [2.05, 4.69) is 20.5 Å². The van der Waals surface area contributed by atoms with E-state index in [1.165, 1.54) is 12.3 Å². The van der Waals surface area contributed by atoms with Crippen LogP contribution in [0.3, 0.4) is 0 Å². The van der Waals surface area contributed by atoms with Crippen molar-refractivity contribution in [3.8, 4) is 0 Å². The zero-order valence-corrected chi connectivity index (χ0v) is 13.4. The lowest BCUT2D eigenvalue weighted by molar-refractivity contribution is 0.0949. The fourth-order valence-electron chi connectivity index (χ4n) is 1.57. The first-order valence-corrected chi connectivity index (χ1v) is 7.06. The van der Waals surface area contributed by atoms with Crippen LogP contribution in [0, 0.1) is 6.92 Å². The summed E-state index contributed by atoms with van der Waals surface area (Å²) in [5, 5.41) is 4.60. The summed E-state index contributed by atoms with van der Waals surface area (Å²) in [6.45, 7) is 1.63. The summed E-state index contributed by atoms with van der Waals surface area (Å²) in [7, 11) is 0. The van der Waals surface area contributed by atoms with Crippen molar-refractivity contribution >= 4 is 46.9 Å². The molecule has 0 aliphatic heterocycles. The van der Waals surface area contributed by atoms with Crippen LogP contribution < -0.4 is 11.1 Å². The van der Waals surface area contributed by atoms with Crippen LogP contribution in [0.4, 0.5) is 0 Å². The Morgan fingerprint density at radius 1 is 1.32 bits per heavy atom. The molecule has 0 radical (unpaired) electrons. The van der Waals surface area contributed by atoms with Gasteiger partial charge in [-0.15, -0.1) is 0 Å². The quantitative estimate of drug-likeness (QED) is 0.502. The van der Waals surface area contributed by atoms with E-state index in [0.717, 1.165) is 0 Å². The highest BCUT2D eigenvalue weighted by Gasteiger charge is 2.09. The zero-order chi connectivity index (χ0) is 16.3. The van der Waals surface area contributed by atoms with E-state index in [1.807, 2.05) is 0 Å². The van der Waals surface area contributed by atoms with Gasteiger partial charge >= 0.3 is 5.69 Å². The van der Waals surface area contributed by atoms with Gasteiger partial charge < -0.3 is 4.98 Å². The number of hydrogen-bond donors (Lipinski definition) is 2. The van der Waals surface area contributed by atoms with Gasteiger partial charge in [-0.3, -0.25) is 4.79 Å². The molecule has 1 aromatic carbocycles. The normalized spacial score (nSPS) is 10.9. The number of amides is 1. The molecule has 0 atom stereocenters. The Bertz CT molecular complexity index is 817. The summed E-state index contributed by atoms with van der Waals surface area (Å²) in [6, 6.07) is 4.53. The van der Waals surface area contributed by atoms with Gasteiger partial charge in [0.1, 0.15) is 5.69 Å². The van der Waals surface area contributed by atoms with Crippen LogP contribution in [0.1, 0.15) is 21.7 Å². The topological polar surface area (TPSA) is 87.2 Å². The van der Waals surface area contributed by atoms with Crippen molar-refractivity contribution in [1.29, 1.82) is 0 Å². The second kappa shape index (κ2) is 6.91. The minimum Gasteiger partial charge on any atom is -0.310 e. The number of aromatic amines is 1. The van der Waals surface area contributed by atoms with Crippen molar-refractivity contribution in [2.45, 2.75) is 6.92 Å². The van der Waals surface area contributed by atoms with Gasteiger partial charge in [-0.05, 0) is 25.1 Å². The highest BCUT2D eigenvalue weighted by Crippen LogP contribution is 2.29. The van der Waals surface area contributed by atoms with Crippen LogP contribution in [0.15, 0.2) is 28.1 Å². The van der Waals surface area contributed by atoms with Crippen molar-refractivity contribution in [3.63, 3.8) is 0 Å². The number of hydrogen-bond acceptors (Lipinski definition) is 4. The molecule has 2 rings (SSSR count). The summed E-state index contributed by atoms with van der Waals surface area (Å²) < 4.78 is 0. The smallest absolute Gasteiger partial charge is 0.310 e. The fraction of sp³-hybridized carbons (Fsp3) is 0.0769. The highest BCUT2D eigenvalue weighted by molar-refractivity contribution is 6.45. The van der Waals surface area contributed by atoms with E-state index in [-0.39, 0.29) is 10.7 Å². The Balaban J connectivity index is 2.18. The van der Waals surface area contributed by atoms with Crippen LogP contribution in [-0.2, 0) is 0 Å². The molecule has 2 aromatic rings. The second-order valence-electron chi connectivity index (χ2n) is 4.21. The van der Waals surface area contributed by atoms with Gasteiger partial charge in [-0.2, -0.15) is 10.1 Å². The van der Waals surface area contributed by atoms with Gasteiger partial charge in [0.05, 0.1) is 21.3 Å². The van der Waals surface area contributed by atoms with Crippen LogP contribution >= 0.6 is 34.8 Å². The lowest BCUT2D eigenvalue weighted by Gasteiger charge is -2.03. The van der Waals surface area contributed by atoms with Gasteiger partial charge in [0, 0.05) is 11.3 Å². The largest absolute Gasteiger partial charge is 0.345 e. The number of nitrogens with zero attached hydrogens (tertiary/aromatic N) is 2. The first kappa shape index (κ1) is 16.5. The third-order valence-corrected chi connectivity index (χ3v) is 3.70. The van der Waals surface area contributed by atoms with Crippen molar-refractivity contribution in [2.24, 2.45) is 5.10 Å². The molecule has 114 valence electrons. The molecule has 0 saturated heterocycles. The molecule has 22 heavy (non-hydrogen) atoms. The Kier molecular flexibility index (Phi) is 5.18. The van der Waals surface area contributed by atoms with E-state index in [0.29, 0.717) is 21.3 Å². The molecule has 2 N–H and O–H groups in total. The molecule has 6 nitrogen and oxygen atoms in total. The van der Waals surface area contributed by atoms with Crippen molar-refractivity contribution in [3.05, 3.63) is 60.7 Å². The average Bonchev–Trinajstić information content (AvgIpc) is 2.45. The second-order valence-corrected chi connectivity index (χ2v) is 5.40. The highest BCUT2D eigenvalue weighted by atomic mass is 35.5. The number of carbonyl (C=O) groups is 1. The molecule has 0 saturated carbocycles. The minimum absolute atomic E-state index is 0.0540. The van der Waals surface area contributed by atoms with E-state index in [1.54, 1.807) is 19.1 Å². The number of aromatic nitrogens is 2. The summed E-state index contributed by atoms with van der Waals surface area (Å²) in [5.41, 5.74) is 2.44.